The molecule has 190 valence electrons. The molecule has 1 aromatic carbocycles. The molecular formula is C26H34F3N5O. The molecule has 0 unspecified atom stereocenters. The minimum atomic E-state index is -4.52. The monoisotopic (exact) mass is 489 g/mol. The lowest BCUT2D eigenvalue weighted by molar-refractivity contribution is -0.142. The fourth-order valence-corrected chi connectivity index (χ4v) is 5.60. The van der Waals surface area contributed by atoms with Gasteiger partial charge in [0.25, 0.3) is 5.91 Å². The van der Waals surface area contributed by atoms with E-state index in [9.17, 15) is 18.0 Å². The van der Waals surface area contributed by atoms with Crippen molar-refractivity contribution in [3.63, 3.8) is 0 Å². The van der Waals surface area contributed by atoms with Crippen molar-refractivity contribution in [1.29, 1.82) is 0 Å². The van der Waals surface area contributed by atoms with Crippen molar-refractivity contribution in [2.24, 2.45) is 17.1 Å². The van der Waals surface area contributed by atoms with Gasteiger partial charge >= 0.3 is 6.18 Å². The fourth-order valence-electron chi connectivity index (χ4n) is 5.60. The predicted octanol–water partition coefficient (Wildman–Crippen LogP) is 4.79. The summed E-state index contributed by atoms with van der Waals surface area (Å²) in [5, 5.41) is 7.54. The maximum atomic E-state index is 13.8. The molecule has 3 aliphatic rings. The number of piperidine rings is 1. The Bertz CT molecular complexity index is 1120. The van der Waals surface area contributed by atoms with Crippen molar-refractivity contribution in [3.05, 3.63) is 40.7 Å². The second kappa shape index (κ2) is 8.84. The maximum Gasteiger partial charge on any atom is 0.435 e. The van der Waals surface area contributed by atoms with E-state index in [1.165, 1.54) is 17.5 Å². The largest absolute Gasteiger partial charge is 0.435 e. The number of fused-ring (bicyclic) bond motifs is 1. The summed E-state index contributed by atoms with van der Waals surface area (Å²) >= 11 is 0. The molecule has 2 fully saturated rings. The molecule has 2 aromatic rings. The van der Waals surface area contributed by atoms with Gasteiger partial charge in [-0.1, -0.05) is 13.8 Å². The summed E-state index contributed by atoms with van der Waals surface area (Å²) in [5.41, 5.74) is 7.02. The van der Waals surface area contributed by atoms with Crippen molar-refractivity contribution in [1.82, 2.24) is 14.7 Å². The van der Waals surface area contributed by atoms with Crippen LogP contribution in [0.5, 0.6) is 0 Å². The molecule has 0 radical (unpaired) electrons. The van der Waals surface area contributed by atoms with Crippen LogP contribution >= 0.6 is 0 Å². The number of amides is 1. The second-order valence-corrected chi connectivity index (χ2v) is 11.3. The van der Waals surface area contributed by atoms with E-state index in [4.69, 9.17) is 5.73 Å². The summed E-state index contributed by atoms with van der Waals surface area (Å²) in [5.74, 6) is 0.237. The van der Waals surface area contributed by atoms with E-state index in [0.717, 1.165) is 38.4 Å². The van der Waals surface area contributed by atoms with Crippen molar-refractivity contribution in [3.8, 4) is 5.69 Å². The van der Waals surface area contributed by atoms with Crippen LogP contribution in [0.3, 0.4) is 0 Å². The lowest BCUT2D eigenvalue weighted by Crippen LogP contribution is -2.43. The topological polar surface area (TPSA) is 76.2 Å². The molecule has 1 saturated carbocycles. The molecule has 2 aliphatic carbocycles. The number of nitrogens with one attached hydrogen (secondary N) is 1. The molecule has 2 heterocycles. The number of carbonyl (C=O) groups excluding carboxylic acids is 1. The molecule has 1 atom stereocenters. The lowest BCUT2D eigenvalue weighted by Gasteiger charge is -2.34. The zero-order chi connectivity index (χ0) is 25.0. The number of hydrogen-bond acceptors (Lipinski definition) is 4. The van der Waals surface area contributed by atoms with Gasteiger partial charge in [0.2, 0.25) is 0 Å². The van der Waals surface area contributed by atoms with Gasteiger partial charge in [-0.25, -0.2) is 4.68 Å². The third kappa shape index (κ3) is 5.20. The molecule has 9 heteroatoms. The Morgan fingerprint density at radius 1 is 1.26 bits per heavy atom. The molecule has 1 saturated heterocycles. The van der Waals surface area contributed by atoms with Gasteiger partial charge in [0.05, 0.1) is 11.3 Å². The average molecular weight is 490 g/mol. The smallest absolute Gasteiger partial charge is 0.380 e. The third-order valence-corrected chi connectivity index (χ3v) is 7.65. The standard InChI is InChI=1S/C26H34F3N5O/c1-25(2)10-9-20-22(13-25)34(32-23(20)26(27,28)29)18-7-8-19(24(30)35)21(12-18)31-17-4-3-11-33(15-17)14-16-5-6-16/h7-8,12,16-17,31H,3-6,9-11,13-15H2,1-2H3,(H2,30,35)/t17-/m1/s1. The number of carbonyl (C=O) groups is 1. The number of rotatable bonds is 6. The van der Waals surface area contributed by atoms with Crippen LogP contribution in [0.25, 0.3) is 5.69 Å². The van der Waals surface area contributed by atoms with E-state index < -0.39 is 17.8 Å². The van der Waals surface area contributed by atoms with Gasteiger partial charge in [-0.15, -0.1) is 0 Å². The Hall–Kier alpha value is -2.55. The first-order valence-corrected chi connectivity index (χ1v) is 12.6. The van der Waals surface area contributed by atoms with Crippen molar-refractivity contribution >= 4 is 11.6 Å². The van der Waals surface area contributed by atoms with E-state index in [1.54, 1.807) is 18.2 Å². The number of likely N-dealkylation sites (tertiary alicyclic amines) is 1. The Morgan fingerprint density at radius 2 is 2.03 bits per heavy atom. The first-order valence-electron chi connectivity index (χ1n) is 12.6. The molecule has 1 amide bonds. The van der Waals surface area contributed by atoms with Gasteiger partial charge in [0, 0.05) is 36.1 Å². The van der Waals surface area contributed by atoms with Crippen LogP contribution in [-0.4, -0.2) is 46.3 Å². The van der Waals surface area contributed by atoms with Crippen LogP contribution in [-0.2, 0) is 19.0 Å². The molecular weight excluding hydrogens is 455 g/mol. The summed E-state index contributed by atoms with van der Waals surface area (Å²) < 4.78 is 42.9. The van der Waals surface area contributed by atoms with E-state index in [1.807, 2.05) is 0 Å². The van der Waals surface area contributed by atoms with Crippen LogP contribution in [0.15, 0.2) is 18.2 Å². The number of aromatic nitrogens is 2. The zero-order valence-corrected chi connectivity index (χ0v) is 20.4. The first-order chi connectivity index (χ1) is 16.5. The number of alkyl halides is 3. The minimum Gasteiger partial charge on any atom is -0.380 e. The lowest BCUT2D eigenvalue weighted by atomic mass is 9.76. The van der Waals surface area contributed by atoms with E-state index in [0.29, 0.717) is 41.9 Å². The number of benzene rings is 1. The normalized spacial score (nSPS) is 22.6. The molecule has 1 aromatic heterocycles. The van der Waals surface area contributed by atoms with Gasteiger partial charge in [0.15, 0.2) is 5.69 Å². The molecule has 0 spiro atoms. The predicted molar refractivity (Wildman–Crippen MR) is 129 cm³/mol. The van der Waals surface area contributed by atoms with Crippen molar-refractivity contribution < 1.29 is 18.0 Å². The third-order valence-electron chi connectivity index (χ3n) is 7.65. The number of hydrogen-bond donors (Lipinski definition) is 2. The molecule has 1 aliphatic heterocycles. The number of nitrogens with zero attached hydrogens (tertiary/aromatic N) is 3. The van der Waals surface area contributed by atoms with Crippen LogP contribution in [0, 0.1) is 11.3 Å². The Labute approximate surface area is 204 Å². The van der Waals surface area contributed by atoms with Crippen molar-refractivity contribution in [2.75, 3.05) is 25.0 Å². The van der Waals surface area contributed by atoms with E-state index in [-0.39, 0.29) is 17.0 Å². The molecule has 6 nitrogen and oxygen atoms in total. The summed E-state index contributed by atoms with van der Waals surface area (Å²) in [6, 6.07) is 5.11. The van der Waals surface area contributed by atoms with E-state index in [2.05, 4.69) is 29.2 Å². The number of anilines is 1. The first kappa shape index (κ1) is 24.2. The summed E-state index contributed by atoms with van der Waals surface area (Å²) in [6.45, 7) is 7.20. The molecule has 35 heavy (non-hydrogen) atoms. The van der Waals surface area contributed by atoms with Gasteiger partial charge in [0.1, 0.15) is 0 Å². The molecule has 5 rings (SSSR count). The quantitative estimate of drug-likeness (QED) is 0.612. The summed E-state index contributed by atoms with van der Waals surface area (Å²) in [6.07, 6.45) is 1.64. The van der Waals surface area contributed by atoms with Gasteiger partial charge in [-0.2, -0.15) is 18.3 Å². The van der Waals surface area contributed by atoms with Gasteiger partial charge in [-0.05, 0) is 81.0 Å². The minimum absolute atomic E-state index is 0.116. The second-order valence-electron chi connectivity index (χ2n) is 11.3. The Kier molecular flexibility index (Phi) is 6.10. The van der Waals surface area contributed by atoms with E-state index >= 15 is 0 Å². The van der Waals surface area contributed by atoms with Crippen LogP contribution in [0.2, 0.25) is 0 Å². The van der Waals surface area contributed by atoms with Gasteiger partial charge in [-0.3, -0.25) is 4.79 Å². The van der Waals surface area contributed by atoms with Crippen LogP contribution in [0.1, 0.15) is 73.3 Å². The maximum absolute atomic E-state index is 13.8. The molecule has 3 N–H and O–H groups in total. The van der Waals surface area contributed by atoms with Crippen molar-refractivity contribution in [2.45, 2.75) is 71.0 Å². The average Bonchev–Trinajstić information content (AvgIpc) is 3.50. The number of nitrogens with two attached hydrogens (primary N) is 1. The highest BCUT2D eigenvalue weighted by Crippen LogP contribution is 2.42. The summed E-state index contributed by atoms with van der Waals surface area (Å²) in [7, 11) is 0. The number of primary amides is 1. The van der Waals surface area contributed by atoms with Crippen LogP contribution in [0.4, 0.5) is 18.9 Å². The highest BCUT2D eigenvalue weighted by atomic mass is 19.4. The highest BCUT2D eigenvalue weighted by Gasteiger charge is 2.42. The Balaban J connectivity index is 1.49. The van der Waals surface area contributed by atoms with Gasteiger partial charge < -0.3 is 16.0 Å². The fraction of sp³-hybridized carbons (Fsp3) is 0.615. The zero-order valence-electron chi connectivity index (χ0n) is 20.4. The summed E-state index contributed by atoms with van der Waals surface area (Å²) in [4.78, 5) is 14.6. The number of halogens is 3. The molecule has 0 bridgehead atoms. The van der Waals surface area contributed by atoms with Crippen LogP contribution < -0.4 is 11.1 Å². The highest BCUT2D eigenvalue weighted by molar-refractivity contribution is 5.99. The Morgan fingerprint density at radius 3 is 2.71 bits per heavy atom. The SMILES string of the molecule is CC1(C)CCc2c(C(F)(F)F)nn(-c3ccc(C(N)=O)c(N[C@@H]4CCCN(CC5CC5)C4)c3)c2C1.